The highest BCUT2D eigenvalue weighted by Crippen LogP contribution is 2.59. The van der Waals surface area contributed by atoms with Crippen LogP contribution in [0.25, 0.3) is 0 Å². The van der Waals surface area contributed by atoms with Crippen molar-refractivity contribution in [3.8, 4) is 11.5 Å². The van der Waals surface area contributed by atoms with Crippen molar-refractivity contribution in [2.75, 3.05) is 13.9 Å². The van der Waals surface area contributed by atoms with Crippen LogP contribution in [-0.2, 0) is 16.0 Å². The fraction of sp³-hybridized carbons (Fsp3) is 0.609. The van der Waals surface area contributed by atoms with Gasteiger partial charge < -0.3 is 19.3 Å². The topological polar surface area (TPSA) is 65.0 Å². The van der Waals surface area contributed by atoms with Crippen LogP contribution in [0, 0.1) is 17.3 Å². The van der Waals surface area contributed by atoms with Gasteiger partial charge in [0.1, 0.15) is 0 Å². The number of carbonyl (C=O) groups excluding carboxylic acids is 1. The summed E-state index contributed by atoms with van der Waals surface area (Å²) < 4.78 is 15.3. The molecule has 0 amide bonds. The van der Waals surface area contributed by atoms with Crippen molar-refractivity contribution in [3.05, 3.63) is 35.4 Å². The molecule has 1 aliphatic heterocycles. The summed E-state index contributed by atoms with van der Waals surface area (Å²) in [5, 5.41) is 9.68. The maximum Gasteiger partial charge on any atom is 0.309 e. The first kappa shape index (κ1) is 22.3. The van der Waals surface area contributed by atoms with Crippen LogP contribution in [0.1, 0.15) is 53.0 Å². The highest BCUT2D eigenvalue weighted by molar-refractivity contribution is 5.78. The molecular formula is C23H34O5. The Morgan fingerprint density at radius 3 is 2.61 bits per heavy atom. The van der Waals surface area contributed by atoms with E-state index in [1.165, 1.54) is 12.7 Å². The van der Waals surface area contributed by atoms with E-state index in [9.17, 15) is 9.90 Å². The van der Waals surface area contributed by atoms with Gasteiger partial charge in [0.25, 0.3) is 0 Å². The average Bonchev–Trinajstić information content (AvgIpc) is 2.96. The second kappa shape index (κ2) is 9.46. The number of benzene rings is 1. The van der Waals surface area contributed by atoms with Crippen LogP contribution < -0.4 is 9.47 Å². The Hall–Kier alpha value is -2.01. The molecule has 0 saturated heterocycles. The fourth-order valence-electron chi connectivity index (χ4n) is 3.70. The summed E-state index contributed by atoms with van der Waals surface area (Å²) >= 11 is 0. The Morgan fingerprint density at radius 1 is 1.32 bits per heavy atom. The molecule has 1 aromatic rings. The van der Waals surface area contributed by atoms with E-state index in [1.807, 2.05) is 18.2 Å². The number of rotatable bonds is 6. The summed E-state index contributed by atoms with van der Waals surface area (Å²) in [4.78, 5) is 11.3. The zero-order valence-corrected chi connectivity index (χ0v) is 18.0. The Bertz CT molecular complexity index is 703. The number of hydrogen-bond acceptors (Lipinski definition) is 5. The minimum absolute atomic E-state index is 0.0624. The molecule has 1 aromatic carbocycles. The lowest BCUT2D eigenvalue weighted by molar-refractivity contribution is -0.143. The maximum absolute atomic E-state index is 11.3. The third-order valence-electron chi connectivity index (χ3n) is 5.41. The van der Waals surface area contributed by atoms with E-state index in [1.54, 1.807) is 0 Å². The van der Waals surface area contributed by atoms with Crippen LogP contribution in [0.3, 0.4) is 0 Å². The Morgan fingerprint density at radius 2 is 2.00 bits per heavy atom. The number of carbonyl (C=O) groups is 1. The molecule has 1 fully saturated rings. The lowest BCUT2D eigenvalue weighted by atomic mass is 10.0. The molecule has 1 saturated carbocycles. The standard InChI is InChI=1S/C12H16O3.C11H18O2/c1-2-3-10(13)6-9-4-5-11-12(7-9)15-8-14-11;1-7(2)6-8-9(10(12)13-5)11(8,3)4/h4-5,7,10,13H,2-3,6,8H2,1H3;6,8-9H,1-5H3. The highest BCUT2D eigenvalue weighted by atomic mass is 16.7. The van der Waals surface area contributed by atoms with Crippen LogP contribution in [0.15, 0.2) is 29.8 Å². The Balaban J connectivity index is 0.000000203. The first-order valence-corrected chi connectivity index (χ1v) is 10.00. The van der Waals surface area contributed by atoms with E-state index >= 15 is 0 Å². The van der Waals surface area contributed by atoms with Gasteiger partial charge in [-0.1, -0.05) is 44.9 Å². The molecule has 1 aliphatic carbocycles. The number of aliphatic hydroxyl groups is 1. The second-order valence-corrected chi connectivity index (χ2v) is 8.43. The largest absolute Gasteiger partial charge is 0.469 e. The van der Waals surface area contributed by atoms with Gasteiger partial charge in [-0.15, -0.1) is 0 Å². The lowest BCUT2D eigenvalue weighted by Crippen LogP contribution is -2.09. The van der Waals surface area contributed by atoms with E-state index in [-0.39, 0.29) is 23.4 Å². The van der Waals surface area contributed by atoms with Gasteiger partial charge in [0, 0.05) is 0 Å². The van der Waals surface area contributed by atoms with Crippen LogP contribution in [-0.4, -0.2) is 31.1 Å². The summed E-state index contributed by atoms with van der Waals surface area (Å²) in [6.45, 7) is 10.7. The van der Waals surface area contributed by atoms with E-state index in [0.29, 0.717) is 19.1 Å². The van der Waals surface area contributed by atoms with Gasteiger partial charge in [-0.2, -0.15) is 0 Å². The predicted octanol–water partition coefficient (Wildman–Crippen LogP) is 4.52. The predicted molar refractivity (Wildman–Crippen MR) is 109 cm³/mol. The van der Waals surface area contributed by atoms with Crippen LogP contribution >= 0.6 is 0 Å². The van der Waals surface area contributed by atoms with Crippen molar-refractivity contribution in [2.24, 2.45) is 17.3 Å². The molecule has 3 rings (SSSR count). The van der Waals surface area contributed by atoms with Gasteiger partial charge in [-0.05, 0) is 55.7 Å². The van der Waals surface area contributed by atoms with Crippen molar-refractivity contribution in [1.82, 2.24) is 0 Å². The average molecular weight is 391 g/mol. The zero-order valence-electron chi connectivity index (χ0n) is 18.0. The minimum Gasteiger partial charge on any atom is -0.469 e. The number of esters is 1. The molecule has 5 heteroatoms. The third kappa shape index (κ3) is 5.51. The molecule has 3 atom stereocenters. The normalized spacial score (nSPS) is 21.8. The molecule has 5 nitrogen and oxygen atoms in total. The van der Waals surface area contributed by atoms with E-state index in [4.69, 9.17) is 14.2 Å². The minimum atomic E-state index is -0.254. The zero-order chi connectivity index (χ0) is 20.9. The van der Waals surface area contributed by atoms with E-state index < -0.39 is 0 Å². The summed E-state index contributed by atoms with van der Waals surface area (Å²) in [6.07, 6.45) is 4.45. The van der Waals surface area contributed by atoms with Gasteiger partial charge in [-0.3, -0.25) is 4.79 Å². The molecule has 3 unspecified atom stereocenters. The summed E-state index contributed by atoms with van der Waals surface area (Å²) in [7, 11) is 1.45. The van der Waals surface area contributed by atoms with Crippen molar-refractivity contribution in [1.29, 1.82) is 0 Å². The monoisotopic (exact) mass is 390 g/mol. The van der Waals surface area contributed by atoms with E-state index in [2.05, 4.69) is 40.7 Å². The number of fused-ring (bicyclic) bond motifs is 1. The first-order valence-electron chi connectivity index (χ1n) is 10.00. The molecule has 0 aromatic heterocycles. The number of ether oxygens (including phenoxy) is 3. The van der Waals surface area contributed by atoms with Gasteiger partial charge in [0.05, 0.1) is 19.1 Å². The molecule has 1 heterocycles. The summed E-state index contributed by atoms with van der Waals surface area (Å²) in [6, 6.07) is 5.82. The molecule has 28 heavy (non-hydrogen) atoms. The van der Waals surface area contributed by atoms with Gasteiger partial charge in [0.15, 0.2) is 11.5 Å². The number of allylic oxidation sites excluding steroid dienone is 2. The fourth-order valence-corrected chi connectivity index (χ4v) is 3.70. The van der Waals surface area contributed by atoms with Gasteiger partial charge in [-0.25, -0.2) is 0 Å². The SMILES string of the molecule is CCCC(O)Cc1ccc2c(c1)OCO2.COC(=O)C1C(C=C(C)C)C1(C)C. The Labute approximate surface area is 168 Å². The lowest BCUT2D eigenvalue weighted by Gasteiger charge is -2.09. The first-order chi connectivity index (χ1) is 13.2. The molecule has 0 spiro atoms. The molecule has 156 valence electrons. The summed E-state index contributed by atoms with van der Waals surface area (Å²) in [5.41, 5.74) is 2.45. The van der Waals surface area contributed by atoms with Crippen molar-refractivity contribution in [3.63, 3.8) is 0 Å². The molecule has 0 bridgehead atoms. The number of hydrogen-bond donors (Lipinski definition) is 1. The van der Waals surface area contributed by atoms with Crippen molar-refractivity contribution < 1.29 is 24.1 Å². The highest BCUT2D eigenvalue weighted by Gasteiger charge is 2.61. The molecular weight excluding hydrogens is 356 g/mol. The van der Waals surface area contributed by atoms with E-state index in [0.717, 1.165) is 29.9 Å². The van der Waals surface area contributed by atoms with Crippen LogP contribution in [0.2, 0.25) is 0 Å². The van der Waals surface area contributed by atoms with Crippen molar-refractivity contribution in [2.45, 2.75) is 60.0 Å². The third-order valence-corrected chi connectivity index (χ3v) is 5.41. The second-order valence-electron chi connectivity index (χ2n) is 8.43. The molecule has 1 N–H and O–H groups in total. The quantitative estimate of drug-likeness (QED) is 0.572. The van der Waals surface area contributed by atoms with Gasteiger partial charge >= 0.3 is 5.97 Å². The van der Waals surface area contributed by atoms with Gasteiger partial charge in [0.2, 0.25) is 6.79 Å². The molecule has 0 radical (unpaired) electrons. The summed E-state index contributed by atoms with van der Waals surface area (Å²) in [5.74, 6) is 1.93. The Kier molecular flexibility index (Phi) is 7.53. The van der Waals surface area contributed by atoms with Crippen LogP contribution in [0.4, 0.5) is 0 Å². The maximum atomic E-state index is 11.3. The number of aliphatic hydroxyl groups excluding tert-OH is 1. The number of methoxy groups -OCH3 is 1. The smallest absolute Gasteiger partial charge is 0.309 e. The van der Waals surface area contributed by atoms with Crippen molar-refractivity contribution >= 4 is 5.97 Å². The van der Waals surface area contributed by atoms with Crippen LogP contribution in [0.5, 0.6) is 11.5 Å². The molecule has 2 aliphatic rings.